The number of carboxylic acids is 2. The largest absolute Gasteiger partial charge is 0.481 e. The standard InChI is InChI=1S/C56H74N10O18S/c1-6-8-18-38(50(74)63-42(28-47(69)70)52(76)61-39(49(57)73)25-32-15-11-10-12-16-32)60-51(75)41(27-34-31-58-37-19-14-13-17-36(34)37)59-45(67)30-46(68)65-44(20-9-7-2)66-54(78)40(26-33-21-23-35(24-22-33)84-85(80,81)82)62-53(77)43(29-48(71)72)64-55(79)83-56(3,4)5/h10-17,19,21-24,31,38-44,58H,6-9,18,20,25-30H2,1-5H3,(H2,57,73)(H,59,67)(H,60,75)(H,61,76)(H,62,77)(H,63,74)(H,64,79)(H,65,68)(H,66,78)(H,69,70)(H,71,72)(H,80,81,82)/t38-,39-,40-,41+,42+,43?,44-/m0/s1. The molecule has 0 aliphatic rings. The number of para-hydroxylation sites is 1. The van der Waals surface area contributed by atoms with Crippen LogP contribution in [0.1, 0.15) is 109 Å². The molecule has 85 heavy (non-hydrogen) atoms. The van der Waals surface area contributed by atoms with Crippen LogP contribution in [0, 0.1) is 0 Å². The molecule has 0 aliphatic carbocycles. The molecule has 0 spiro atoms. The Kier molecular flexibility index (Phi) is 26.3. The van der Waals surface area contributed by atoms with E-state index >= 15 is 0 Å². The van der Waals surface area contributed by atoms with Crippen molar-refractivity contribution in [2.75, 3.05) is 0 Å². The van der Waals surface area contributed by atoms with E-state index in [1.807, 2.05) is 6.92 Å². The van der Waals surface area contributed by atoms with Gasteiger partial charge in [-0.05, 0) is 74.9 Å². The molecule has 4 aromatic rings. The number of rotatable bonds is 34. The highest BCUT2D eigenvalue weighted by Gasteiger charge is 2.35. The number of carboxylic acid groups (broad SMARTS) is 2. The predicted octanol–water partition coefficient (Wildman–Crippen LogP) is 1.46. The number of hydrogen-bond acceptors (Lipinski definition) is 15. The molecule has 0 bridgehead atoms. The van der Waals surface area contributed by atoms with Gasteiger partial charge in [0.25, 0.3) is 0 Å². The quantitative estimate of drug-likeness (QED) is 0.0179. The van der Waals surface area contributed by atoms with Gasteiger partial charge < -0.3 is 72.4 Å². The summed E-state index contributed by atoms with van der Waals surface area (Å²) in [6, 6.07) is 11.0. The number of ether oxygens (including phenoxy) is 1. The van der Waals surface area contributed by atoms with Gasteiger partial charge in [-0.1, -0.05) is 93.8 Å². The molecule has 0 aliphatic heterocycles. The van der Waals surface area contributed by atoms with Crippen LogP contribution in [0.15, 0.2) is 85.1 Å². The molecule has 1 aromatic heterocycles. The molecule has 0 fully saturated rings. The van der Waals surface area contributed by atoms with Crippen molar-refractivity contribution in [3.8, 4) is 5.75 Å². The molecule has 0 radical (unpaired) electrons. The van der Waals surface area contributed by atoms with E-state index in [2.05, 4.69) is 51.7 Å². The Balaban J connectivity index is 1.58. The molecular formula is C56H74N10O18S. The van der Waals surface area contributed by atoms with E-state index in [4.69, 9.17) is 15.0 Å². The summed E-state index contributed by atoms with van der Waals surface area (Å²) >= 11 is 0. The van der Waals surface area contributed by atoms with E-state index in [-0.39, 0.29) is 43.4 Å². The number of H-pyrrole nitrogens is 1. The molecule has 9 amide bonds. The first-order chi connectivity index (χ1) is 40.0. The maximum absolute atomic E-state index is 14.4. The van der Waals surface area contributed by atoms with Gasteiger partial charge in [0.2, 0.25) is 47.3 Å². The summed E-state index contributed by atoms with van der Waals surface area (Å²) < 4.78 is 41.4. The fourth-order valence-electron chi connectivity index (χ4n) is 8.53. The maximum atomic E-state index is 14.4. The number of aliphatic carboxylic acids is 2. The molecule has 1 heterocycles. The average Bonchev–Trinajstić information content (AvgIpc) is 4.05. The molecule has 7 atom stereocenters. The highest BCUT2D eigenvalue weighted by molar-refractivity contribution is 7.81. The number of nitrogens with two attached hydrogens (primary N) is 1. The summed E-state index contributed by atoms with van der Waals surface area (Å²) in [5.41, 5.74) is 6.62. The van der Waals surface area contributed by atoms with Crippen LogP contribution in [0.2, 0.25) is 0 Å². The van der Waals surface area contributed by atoms with Crippen LogP contribution in [-0.2, 0) is 82.3 Å². The number of carbonyl (C=O) groups excluding carboxylic acids is 9. The Morgan fingerprint density at radius 2 is 1.05 bits per heavy atom. The van der Waals surface area contributed by atoms with Crippen LogP contribution in [0.3, 0.4) is 0 Å². The van der Waals surface area contributed by atoms with E-state index in [0.29, 0.717) is 47.7 Å². The van der Waals surface area contributed by atoms with E-state index < -0.39 is 143 Å². The summed E-state index contributed by atoms with van der Waals surface area (Å²) in [5, 5.41) is 39.8. The number of primary amides is 1. The van der Waals surface area contributed by atoms with Crippen LogP contribution in [0.4, 0.5) is 4.79 Å². The minimum Gasteiger partial charge on any atom is -0.481 e. The highest BCUT2D eigenvalue weighted by Crippen LogP contribution is 2.20. The first-order valence-corrected chi connectivity index (χ1v) is 28.6. The van der Waals surface area contributed by atoms with Crippen molar-refractivity contribution in [2.45, 2.75) is 160 Å². The van der Waals surface area contributed by atoms with Gasteiger partial charge in [-0.3, -0.25) is 52.5 Å². The summed E-state index contributed by atoms with van der Waals surface area (Å²) in [7, 11) is -4.92. The Bertz CT molecular complexity index is 3120. The van der Waals surface area contributed by atoms with Gasteiger partial charge >= 0.3 is 28.4 Å². The number of amides is 9. The zero-order valence-electron chi connectivity index (χ0n) is 47.6. The number of hydrogen-bond donors (Lipinski definition) is 13. The topological polar surface area (TPSA) is 439 Å². The Morgan fingerprint density at radius 3 is 1.64 bits per heavy atom. The van der Waals surface area contributed by atoms with Crippen LogP contribution in [0.5, 0.6) is 5.75 Å². The summed E-state index contributed by atoms with van der Waals surface area (Å²) in [6.07, 6.45) is -2.43. The molecule has 1 unspecified atom stereocenters. The zero-order valence-corrected chi connectivity index (χ0v) is 48.4. The van der Waals surface area contributed by atoms with Crippen molar-refractivity contribution < 1.29 is 84.8 Å². The fourth-order valence-corrected chi connectivity index (χ4v) is 8.89. The van der Waals surface area contributed by atoms with Crippen molar-refractivity contribution in [1.82, 2.24) is 47.5 Å². The lowest BCUT2D eigenvalue weighted by Gasteiger charge is -2.27. The monoisotopic (exact) mass is 1210 g/mol. The van der Waals surface area contributed by atoms with Gasteiger partial charge in [0.05, 0.1) is 12.8 Å². The van der Waals surface area contributed by atoms with Gasteiger partial charge in [0.15, 0.2) is 0 Å². The van der Waals surface area contributed by atoms with Gasteiger partial charge in [0.1, 0.15) is 60.2 Å². The van der Waals surface area contributed by atoms with Crippen molar-refractivity contribution in [3.63, 3.8) is 0 Å². The average molecular weight is 1210 g/mol. The highest BCUT2D eigenvalue weighted by atomic mass is 32.3. The lowest BCUT2D eigenvalue weighted by Crippen LogP contribution is -2.59. The predicted molar refractivity (Wildman–Crippen MR) is 305 cm³/mol. The number of aromatic amines is 1. The Labute approximate surface area is 490 Å². The zero-order chi connectivity index (χ0) is 63.0. The van der Waals surface area contributed by atoms with E-state index in [1.54, 1.807) is 67.7 Å². The lowest BCUT2D eigenvalue weighted by atomic mass is 10.0. The van der Waals surface area contributed by atoms with Gasteiger partial charge in [-0.2, -0.15) is 8.42 Å². The number of unbranched alkanes of at least 4 members (excludes halogenated alkanes) is 2. The Morgan fingerprint density at radius 1 is 0.565 bits per heavy atom. The summed E-state index contributed by atoms with van der Waals surface area (Å²) in [6.45, 7) is 8.19. The number of fused-ring (bicyclic) bond motifs is 1. The number of carbonyl (C=O) groups is 11. The van der Waals surface area contributed by atoms with Crippen LogP contribution < -0.4 is 52.5 Å². The van der Waals surface area contributed by atoms with Crippen molar-refractivity contribution in [1.29, 1.82) is 0 Å². The summed E-state index contributed by atoms with van der Waals surface area (Å²) in [5.74, 6) is -11.2. The molecular weight excluding hydrogens is 1130 g/mol. The molecule has 0 saturated heterocycles. The third kappa shape index (κ3) is 24.7. The summed E-state index contributed by atoms with van der Waals surface area (Å²) in [4.78, 5) is 150. The third-order valence-electron chi connectivity index (χ3n) is 12.6. The van der Waals surface area contributed by atoms with Crippen LogP contribution in [0.25, 0.3) is 10.9 Å². The molecule has 0 saturated carbocycles. The van der Waals surface area contributed by atoms with E-state index in [9.17, 15) is 71.4 Å². The second kappa shape index (κ2) is 32.7. The smallest absolute Gasteiger partial charge is 0.446 e. The van der Waals surface area contributed by atoms with E-state index in [1.165, 1.54) is 32.9 Å². The fraction of sp³-hybridized carbons (Fsp3) is 0.446. The maximum Gasteiger partial charge on any atom is 0.446 e. The molecule has 29 heteroatoms. The number of alkyl carbamates (subject to hydrolysis) is 1. The van der Waals surface area contributed by atoms with Crippen LogP contribution >= 0.6 is 0 Å². The molecule has 14 N–H and O–H groups in total. The third-order valence-corrected chi connectivity index (χ3v) is 13.0. The van der Waals surface area contributed by atoms with Gasteiger partial charge in [-0.15, -0.1) is 0 Å². The SMILES string of the molecule is CCCC[C@@H](NC(=O)CC(=O)N[C@H](Cc1c[nH]c2ccccc12)C(=O)N[C@@H](CCCC)C(=O)N[C@H](CC(=O)O)C(=O)N[C@@H](Cc1ccccc1)C(N)=O)NC(=O)[C@H](Cc1ccc(OS(=O)(=O)O)cc1)NC(=O)C(CC(=O)O)NC(=O)OC(C)(C)C. The van der Waals surface area contributed by atoms with Gasteiger partial charge in [-0.25, -0.2) is 4.79 Å². The molecule has 28 nitrogen and oxygen atoms in total. The minimum absolute atomic E-state index is 0.0247. The number of benzene rings is 3. The normalized spacial score (nSPS) is 13.8. The Hall–Kier alpha value is -9.12. The van der Waals surface area contributed by atoms with Crippen molar-refractivity contribution in [3.05, 3.63) is 102 Å². The van der Waals surface area contributed by atoms with Crippen LogP contribution in [-0.4, -0.2) is 141 Å². The van der Waals surface area contributed by atoms with Gasteiger partial charge in [0, 0.05) is 36.4 Å². The second-order valence-corrected chi connectivity index (χ2v) is 21.9. The molecule has 462 valence electrons. The van der Waals surface area contributed by atoms with Crippen molar-refractivity contribution >= 4 is 86.6 Å². The number of nitrogens with one attached hydrogen (secondary N) is 9. The number of aromatic nitrogens is 1. The lowest BCUT2D eigenvalue weighted by molar-refractivity contribution is -0.141. The molecule has 3 aromatic carbocycles. The minimum atomic E-state index is -4.92. The first kappa shape index (κ1) is 68.4. The molecule has 4 rings (SSSR count). The van der Waals surface area contributed by atoms with E-state index in [0.717, 1.165) is 12.1 Å². The first-order valence-electron chi connectivity index (χ1n) is 27.2. The van der Waals surface area contributed by atoms with Crippen molar-refractivity contribution in [2.24, 2.45) is 5.73 Å². The second-order valence-electron chi connectivity index (χ2n) is 20.9.